The molecule has 0 aliphatic rings. The van der Waals surface area contributed by atoms with Crippen molar-refractivity contribution in [3.8, 4) is 0 Å². The first kappa shape index (κ1) is 8.08. The predicted molar refractivity (Wildman–Crippen MR) is 45.6 cm³/mol. The van der Waals surface area contributed by atoms with E-state index in [1.807, 2.05) is 0 Å². The molecule has 0 heterocycles. The third-order valence-corrected chi connectivity index (χ3v) is 1.62. The molecule has 0 amide bonds. The van der Waals surface area contributed by atoms with E-state index in [9.17, 15) is 4.79 Å². The summed E-state index contributed by atoms with van der Waals surface area (Å²) in [7, 11) is 0. The third kappa shape index (κ3) is 1.71. The van der Waals surface area contributed by atoms with Crippen molar-refractivity contribution in [3.63, 3.8) is 0 Å². The summed E-state index contributed by atoms with van der Waals surface area (Å²) in [5, 5.41) is 0.388. The van der Waals surface area contributed by atoms with Gasteiger partial charge in [-0.3, -0.25) is 4.79 Å². The first-order chi connectivity index (χ1) is 5.11. The lowest BCUT2D eigenvalue weighted by molar-refractivity contribution is 0.104. The number of carbonyl (C=O) groups excluding carboxylic acids is 1. The highest BCUT2D eigenvalue weighted by Gasteiger charge is 2.04. The molecular weight excluding hydrogens is 162 g/mol. The van der Waals surface area contributed by atoms with Crippen molar-refractivity contribution in [1.82, 2.24) is 0 Å². The van der Waals surface area contributed by atoms with Gasteiger partial charge in [-0.25, -0.2) is 0 Å². The molecule has 1 aromatic carbocycles. The van der Waals surface area contributed by atoms with Gasteiger partial charge in [-0.05, 0) is 18.2 Å². The fourth-order valence-corrected chi connectivity index (χ4v) is 0.980. The van der Waals surface area contributed by atoms with E-state index >= 15 is 0 Å². The molecule has 0 fully saturated rings. The van der Waals surface area contributed by atoms with Crippen molar-refractivity contribution in [2.75, 3.05) is 5.73 Å². The molecule has 0 unspecified atom stereocenters. The molecule has 1 aromatic rings. The van der Waals surface area contributed by atoms with Crippen LogP contribution in [0.5, 0.6) is 0 Å². The van der Waals surface area contributed by atoms with Crippen LogP contribution in [-0.2, 0) is 0 Å². The molecular formula is C8H7ClNO. The van der Waals surface area contributed by atoms with Crippen molar-refractivity contribution >= 4 is 23.1 Å². The maximum Gasteiger partial charge on any atom is 0.164 e. The van der Waals surface area contributed by atoms with Crippen LogP contribution < -0.4 is 5.73 Å². The number of hydrogen-bond donors (Lipinski definition) is 1. The summed E-state index contributed by atoms with van der Waals surface area (Å²) in [5.41, 5.74) is 6.31. The van der Waals surface area contributed by atoms with Crippen molar-refractivity contribution in [3.05, 3.63) is 35.7 Å². The summed E-state index contributed by atoms with van der Waals surface area (Å²) in [6.07, 6.45) is 0. The number of nitrogen functional groups attached to an aromatic ring is 1. The second-order valence-corrected chi connectivity index (χ2v) is 2.57. The number of benzene rings is 1. The number of hydrogen-bond acceptors (Lipinski definition) is 2. The van der Waals surface area contributed by atoms with E-state index in [0.717, 1.165) is 0 Å². The summed E-state index contributed by atoms with van der Waals surface area (Å²) >= 11 is 5.67. The molecule has 0 aliphatic carbocycles. The lowest BCUT2D eigenvalue weighted by Gasteiger charge is -1.99. The van der Waals surface area contributed by atoms with Crippen LogP contribution in [0.25, 0.3) is 0 Å². The minimum atomic E-state index is -0.317. The predicted octanol–water partition coefficient (Wildman–Crippen LogP) is 1.94. The van der Waals surface area contributed by atoms with Gasteiger partial charge in [0.1, 0.15) is 0 Å². The number of nitrogens with two attached hydrogens (primary N) is 1. The van der Waals surface area contributed by atoms with Gasteiger partial charge < -0.3 is 5.73 Å². The van der Waals surface area contributed by atoms with Crippen molar-refractivity contribution in [1.29, 1.82) is 0 Å². The Bertz CT molecular complexity index is 296. The molecule has 0 aliphatic heterocycles. The van der Waals surface area contributed by atoms with Gasteiger partial charge in [-0.15, -0.1) is 0 Å². The van der Waals surface area contributed by atoms with Crippen molar-refractivity contribution in [2.45, 2.75) is 0 Å². The first-order valence-corrected chi connectivity index (χ1v) is 3.40. The zero-order valence-corrected chi connectivity index (χ0v) is 6.56. The molecule has 11 heavy (non-hydrogen) atoms. The fraction of sp³-hybridized carbons (Fsp3) is 0. The SMILES string of the molecule is [CH2]C(=O)c1cc(N)ccc1Cl. The van der Waals surface area contributed by atoms with E-state index < -0.39 is 0 Å². The highest BCUT2D eigenvalue weighted by Crippen LogP contribution is 2.18. The van der Waals surface area contributed by atoms with E-state index in [-0.39, 0.29) is 5.78 Å². The number of carbonyl (C=O) groups is 1. The lowest BCUT2D eigenvalue weighted by atomic mass is 10.1. The third-order valence-electron chi connectivity index (χ3n) is 1.29. The molecule has 3 heteroatoms. The summed E-state index contributed by atoms with van der Waals surface area (Å²) in [6.45, 7) is 3.23. The summed E-state index contributed by atoms with van der Waals surface area (Å²) in [6, 6.07) is 4.72. The molecule has 1 rings (SSSR count). The number of Topliss-reactive ketones (excluding diaryl/α,β-unsaturated/α-hetero) is 1. The van der Waals surface area contributed by atoms with Gasteiger partial charge in [-0.2, -0.15) is 0 Å². The van der Waals surface area contributed by atoms with Gasteiger partial charge in [0.25, 0.3) is 0 Å². The Balaban J connectivity index is 3.23. The summed E-state index contributed by atoms with van der Waals surface area (Å²) in [4.78, 5) is 10.8. The van der Waals surface area contributed by atoms with Crippen molar-refractivity contribution < 1.29 is 4.79 Å². The van der Waals surface area contributed by atoms with Gasteiger partial charge >= 0.3 is 0 Å². The maximum atomic E-state index is 10.8. The fourth-order valence-electron chi connectivity index (χ4n) is 0.757. The van der Waals surface area contributed by atoms with Gasteiger partial charge in [0.05, 0.1) is 5.02 Å². The Labute approximate surface area is 70.0 Å². The molecule has 0 saturated heterocycles. The van der Waals surface area contributed by atoms with Gasteiger partial charge in [-0.1, -0.05) is 11.6 Å². The van der Waals surface area contributed by atoms with Crippen LogP contribution in [0.2, 0.25) is 5.02 Å². The Hall–Kier alpha value is -1.02. The second kappa shape index (κ2) is 2.93. The zero-order chi connectivity index (χ0) is 8.43. The Morgan fingerprint density at radius 3 is 2.64 bits per heavy atom. The Morgan fingerprint density at radius 2 is 2.18 bits per heavy atom. The second-order valence-electron chi connectivity index (χ2n) is 2.16. The quantitative estimate of drug-likeness (QED) is 0.515. The standard InChI is InChI=1S/C8H7ClNO/c1-5(11)7-4-6(10)2-3-8(7)9/h2-4H,1,10H2. The molecule has 2 nitrogen and oxygen atoms in total. The molecule has 0 spiro atoms. The van der Waals surface area contributed by atoms with Gasteiger partial charge in [0.2, 0.25) is 0 Å². The number of halogens is 1. The van der Waals surface area contributed by atoms with Crippen molar-refractivity contribution in [2.24, 2.45) is 0 Å². The molecule has 0 atom stereocenters. The number of anilines is 1. The lowest BCUT2D eigenvalue weighted by Crippen LogP contribution is -1.95. The van der Waals surface area contributed by atoms with Crippen LogP contribution in [0.4, 0.5) is 5.69 Å². The Morgan fingerprint density at radius 1 is 1.55 bits per heavy atom. The van der Waals surface area contributed by atoms with Crippen LogP contribution in [0.3, 0.4) is 0 Å². The topological polar surface area (TPSA) is 43.1 Å². The average Bonchev–Trinajstić information content (AvgIpc) is 1.94. The highest BCUT2D eigenvalue weighted by atomic mass is 35.5. The molecule has 0 bridgehead atoms. The summed E-state index contributed by atoms with van der Waals surface area (Å²) < 4.78 is 0. The van der Waals surface area contributed by atoms with E-state index in [1.165, 1.54) is 6.07 Å². The van der Waals surface area contributed by atoms with E-state index in [1.54, 1.807) is 12.1 Å². The van der Waals surface area contributed by atoms with Gasteiger partial charge in [0, 0.05) is 18.2 Å². The number of rotatable bonds is 1. The van der Waals surface area contributed by atoms with Crippen LogP contribution >= 0.6 is 11.6 Å². The molecule has 2 N–H and O–H groups in total. The number of ketones is 1. The normalized spacial score (nSPS) is 9.64. The molecule has 1 radical (unpaired) electrons. The van der Waals surface area contributed by atoms with Crippen LogP contribution in [0.15, 0.2) is 18.2 Å². The molecule has 0 aromatic heterocycles. The average molecular weight is 169 g/mol. The largest absolute Gasteiger partial charge is 0.399 e. The minimum absolute atomic E-state index is 0.317. The molecule has 57 valence electrons. The van der Waals surface area contributed by atoms with E-state index in [2.05, 4.69) is 6.92 Å². The van der Waals surface area contributed by atoms with E-state index in [4.69, 9.17) is 17.3 Å². The monoisotopic (exact) mass is 168 g/mol. The van der Waals surface area contributed by atoms with Gasteiger partial charge in [0.15, 0.2) is 5.78 Å². The smallest absolute Gasteiger partial charge is 0.164 e. The zero-order valence-electron chi connectivity index (χ0n) is 5.80. The van der Waals surface area contributed by atoms with E-state index in [0.29, 0.717) is 16.3 Å². The molecule has 0 saturated carbocycles. The first-order valence-electron chi connectivity index (χ1n) is 3.02. The van der Waals surface area contributed by atoms with Crippen LogP contribution in [0, 0.1) is 6.92 Å². The summed E-state index contributed by atoms with van der Waals surface area (Å²) in [5.74, 6) is -0.317. The van der Waals surface area contributed by atoms with Crippen LogP contribution in [-0.4, -0.2) is 5.78 Å². The maximum absolute atomic E-state index is 10.8. The van der Waals surface area contributed by atoms with Crippen LogP contribution in [0.1, 0.15) is 10.4 Å². The Kier molecular flexibility index (Phi) is 2.15. The highest BCUT2D eigenvalue weighted by molar-refractivity contribution is 6.34. The minimum Gasteiger partial charge on any atom is -0.399 e.